The van der Waals surface area contributed by atoms with Crippen LogP contribution in [-0.2, 0) is 7.05 Å². The van der Waals surface area contributed by atoms with Crippen LogP contribution in [0.3, 0.4) is 0 Å². The summed E-state index contributed by atoms with van der Waals surface area (Å²) in [7, 11) is 0.322. The quantitative estimate of drug-likeness (QED) is 0.580. The van der Waals surface area contributed by atoms with Crippen molar-refractivity contribution in [2.45, 2.75) is 26.3 Å². The zero-order valence-electron chi connectivity index (χ0n) is 24.9. The third-order valence-corrected chi connectivity index (χ3v) is 6.52. The van der Waals surface area contributed by atoms with Gasteiger partial charge in [0.15, 0.2) is 0 Å². The summed E-state index contributed by atoms with van der Waals surface area (Å²) in [6.07, 6.45) is 4.41. The van der Waals surface area contributed by atoms with Crippen LogP contribution < -0.4 is 5.46 Å². The number of rotatable bonds is 5. The molecule has 1 aliphatic heterocycles. The minimum atomic E-state index is -3.10. The van der Waals surface area contributed by atoms with Gasteiger partial charge in [-0.2, -0.15) is 0 Å². The maximum Gasteiger partial charge on any atom is 0.489 e. The highest BCUT2D eigenvalue weighted by molar-refractivity contribution is 6.61. The standard InChI is InChI=1S/C25H31BN4O3/c1-16-14-19(25(31)28(3)4)6-7-20(16)18-9-12-30(13-10-18)17(2)23-15-21-22(26(32)33)8-11-27-24(21)29(23)5/h6-9,11,14-15,17,32-33H,10,12-13H2,1-5H3/i3D3,4D3. The van der Waals surface area contributed by atoms with Crippen molar-refractivity contribution in [3.8, 4) is 0 Å². The topological polar surface area (TPSA) is 81.8 Å². The van der Waals surface area contributed by atoms with Gasteiger partial charge in [-0.05, 0) is 66.7 Å². The average Bonchev–Trinajstić information content (AvgIpc) is 3.18. The van der Waals surface area contributed by atoms with Crippen LogP contribution in [0.25, 0.3) is 16.6 Å². The highest BCUT2D eigenvalue weighted by Gasteiger charge is 2.25. The highest BCUT2D eigenvalue weighted by Crippen LogP contribution is 2.31. The number of carbonyl (C=O) groups is 1. The number of amides is 1. The molecule has 1 unspecified atom stereocenters. The Balaban J connectivity index is 1.54. The summed E-state index contributed by atoms with van der Waals surface area (Å²) >= 11 is 0. The van der Waals surface area contributed by atoms with E-state index in [1.165, 1.54) is 12.1 Å². The molecule has 7 nitrogen and oxygen atoms in total. The molecule has 3 heterocycles. The molecule has 2 aromatic heterocycles. The molecule has 0 aliphatic carbocycles. The average molecular weight is 452 g/mol. The lowest BCUT2D eigenvalue weighted by molar-refractivity contribution is 0.0827. The van der Waals surface area contributed by atoms with Crippen molar-refractivity contribution in [2.75, 3.05) is 27.0 Å². The van der Waals surface area contributed by atoms with Crippen LogP contribution in [0.2, 0.25) is 0 Å². The minimum absolute atomic E-state index is 0.00640. The Morgan fingerprint density at radius 3 is 2.70 bits per heavy atom. The maximum atomic E-state index is 12.8. The van der Waals surface area contributed by atoms with Gasteiger partial charge in [0, 0.05) is 71.2 Å². The fourth-order valence-electron chi connectivity index (χ4n) is 4.64. The van der Waals surface area contributed by atoms with Crippen molar-refractivity contribution < 1.29 is 23.1 Å². The summed E-state index contributed by atoms with van der Waals surface area (Å²) in [5.41, 5.74) is 4.84. The number of fused-ring (bicyclic) bond motifs is 1. The van der Waals surface area contributed by atoms with Crippen molar-refractivity contribution >= 4 is 35.1 Å². The Morgan fingerprint density at radius 1 is 1.27 bits per heavy atom. The molecular formula is C25H31BN4O3. The van der Waals surface area contributed by atoms with Crippen LogP contribution in [0.15, 0.2) is 42.6 Å². The van der Waals surface area contributed by atoms with Crippen LogP contribution in [0.5, 0.6) is 0 Å². The molecule has 1 amide bonds. The van der Waals surface area contributed by atoms with Gasteiger partial charge < -0.3 is 19.5 Å². The van der Waals surface area contributed by atoms with Gasteiger partial charge in [-0.3, -0.25) is 9.69 Å². The molecule has 1 aromatic carbocycles. The van der Waals surface area contributed by atoms with E-state index in [1.807, 2.05) is 24.6 Å². The number of carbonyl (C=O) groups excluding carboxylic acids is 1. The van der Waals surface area contributed by atoms with Crippen LogP contribution >= 0.6 is 0 Å². The Labute approximate surface area is 203 Å². The number of benzene rings is 1. The van der Waals surface area contributed by atoms with E-state index in [2.05, 4.69) is 22.9 Å². The number of aromatic nitrogens is 2. The van der Waals surface area contributed by atoms with Gasteiger partial charge in [-0.25, -0.2) is 4.98 Å². The van der Waals surface area contributed by atoms with Crippen LogP contribution in [-0.4, -0.2) is 69.5 Å². The van der Waals surface area contributed by atoms with Crippen LogP contribution in [0.1, 0.15) is 54.8 Å². The molecule has 172 valence electrons. The van der Waals surface area contributed by atoms with Crippen LogP contribution in [0.4, 0.5) is 0 Å². The molecular weight excluding hydrogens is 415 g/mol. The van der Waals surface area contributed by atoms with Crippen molar-refractivity contribution in [2.24, 2.45) is 7.05 Å². The first-order valence-electron chi connectivity index (χ1n) is 13.8. The van der Waals surface area contributed by atoms with Gasteiger partial charge in [0.05, 0.1) is 0 Å². The lowest BCUT2D eigenvalue weighted by Gasteiger charge is -2.32. The van der Waals surface area contributed by atoms with Gasteiger partial charge >= 0.3 is 7.12 Å². The first-order chi connectivity index (χ1) is 18.1. The summed E-state index contributed by atoms with van der Waals surface area (Å²) in [4.78, 5) is 19.5. The van der Waals surface area contributed by atoms with Crippen LogP contribution in [0, 0.1) is 6.92 Å². The third-order valence-electron chi connectivity index (χ3n) is 6.52. The second-order valence-electron chi connectivity index (χ2n) is 8.46. The first-order valence-corrected chi connectivity index (χ1v) is 10.8. The largest absolute Gasteiger partial charge is 0.489 e. The molecule has 2 N–H and O–H groups in total. The summed E-state index contributed by atoms with van der Waals surface area (Å²) in [6, 6.07) is 8.32. The molecule has 0 spiro atoms. The lowest BCUT2D eigenvalue weighted by atomic mass is 9.79. The van der Waals surface area contributed by atoms with E-state index in [0.717, 1.165) is 35.4 Å². The number of nitrogens with zero attached hydrogens (tertiary/aromatic N) is 4. The monoisotopic (exact) mass is 452 g/mol. The molecule has 1 atom stereocenters. The SMILES string of the molecule is [2H]C([2H])([2H])N(C(=O)c1ccc(C2=CCN(C(C)c3cc4c(B(O)O)ccnc4n3C)CC2)c(C)c1)C([2H])([2H])[2H]. The number of hydrogen-bond acceptors (Lipinski definition) is 5. The number of aryl methyl sites for hydroxylation is 2. The lowest BCUT2D eigenvalue weighted by Crippen LogP contribution is -2.32. The fourth-order valence-corrected chi connectivity index (χ4v) is 4.64. The zero-order chi connectivity index (χ0) is 28.9. The third kappa shape index (κ3) is 4.34. The predicted molar refractivity (Wildman–Crippen MR) is 132 cm³/mol. The second kappa shape index (κ2) is 9.13. The Morgan fingerprint density at radius 2 is 2.06 bits per heavy atom. The van der Waals surface area contributed by atoms with E-state index in [1.54, 1.807) is 18.3 Å². The molecule has 0 radical (unpaired) electrons. The van der Waals surface area contributed by atoms with Crippen molar-refractivity contribution in [3.63, 3.8) is 0 Å². The number of hydrogen-bond donors (Lipinski definition) is 2. The normalized spacial score (nSPS) is 18.9. The molecule has 3 aromatic rings. The smallest absolute Gasteiger partial charge is 0.423 e. The fraction of sp³-hybridized carbons (Fsp3) is 0.360. The van der Waals surface area contributed by atoms with E-state index in [-0.39, 0.29) is 16.5 Å². The molecule has 0 fully saturated rings. The summed E-state index contributed by atoms with van der Waals surface area (Å²) in [5.74, 6) is -1.07. The van der Waals surface area contributed by atoms with E-state index >= 15 is 0 Å². The predicted octanol–water partition coefficient (Wildman–Crippen LogP) is 2.11. The summed E-state index contributed by atoms with van der Waals surface area (Å²) in [6.45, 7) is -0.875. The second-order valence-corrected chi connectivity index (χ2v) is 8.46. The van der Waals surface area contributed by atoms with Crippen molar-refractivity contribution in [3.05, 3.63) is 65.0 Å². The molecule has 8 heteroatoms. The molecule has 33 heavy (non-hydrogen) atoms. The molecule has 4 rings (SSSR count). The molecule has 0 bridgehead atoms. The van der Waals surface area contributed by atoms with Gasteiger partial charge in [0.2, 0.25) is 0 Å². The summed E-state index contributed by atoms with van der Waals surface area (Å²) in [5, 5.41) is 20.2. The van der Waals surface area contributed by atoms with Gasteiger partial charge in [-0.15, -0.1) is 0 Å². The van der Waals surface area contributed by atoms with Gasteiger partial charge in [0.1, 0.15) is 5.65 Å². The molecule has 0 saturated heterocycles. The highest BCUT2D eigenvalue weighted by atomic mass is 16.4. The van der Waals surface area contributed by atoms with E-state index < -0.39 is 27.0 Å². The zero-order valence-corrected chi connectivity index (χ0v) is 18.9. The summed E-state index contributed by atoms with van der Waals surface area (Å²) < 4.78 is 47.0. The minimum Gasteiger partial charge on any atom is -0.423 e. The van der Waals surface area contributed by atoms with E-state index in [9.17, 15) is 14.8 Å². The van der Waals surface area contributed by atoms with E-state index in [0.29, 0.717) is 23.0 Å². The van der Waals surface area contributed by atoms with Gasteiger partial charge in [-0.1, -0.05) is 12.1 Å². The first kappa shape index (κ1) is 16.6. The van der Waals surface area contributed by atoms with Gasteiger partial charge in [0.25, 0.3) is 5.91 Å². The Bertz CT molecular complexity index is 1420. The molecule has 0 saturated carbocycles. The van der Waals surface area contributed by atoms with Crippen molar-refractivity contribution in [1.82, 2.24) is 19.4 Å². The molecule has 1 aliphatic rings. The Hall–Kier alpha value is -2.94. The van der Waals surface area contributed by atoms with Crippen molar-refractivity contribution in [1.29, 1.82) is 0 Å². The number of pyridine rings is 1. The Kier molecular flexibility index (Phi) is 4.61. The maximum absolute atomic E-state index is 12.8. The van der Waals surface area contributed by atoms with E-state index in [4.69, 9.17) is 8.22 Å².